The Bertz CT molecular complexity index is 770. The Morgan fingerprint density at radius 3 is 2.38 bits per heavy atom. The summed E-state index contributed by atoms with van der Waals surface area (Å²) in [6.07, 6.45) is 1.54. The van der Waals surface area contributed by atoms with E-state index in [1.54, 1.807) is 13.0 Å². The molecule has 0 aliphatic carbocycles. The minimum absolute atomic E-state index is 0.0645. The quantitative estimate of drug-likeness (QED) is 0.560. The predicted molar refractivity (Wildman–Crippen MR) is 103 cm³/mol. The third kappa shape index (κ3) is 5.38. The fraction of sp³-hybridized carbons (Fsp3) is 0.318. The molecule has 0 bridgehead atoms. The maximum atomic E-state index is 11.3. The van der Waals surface area contributed by atoms with E-state index in [1.807, 2.05) is 48.5 Å². The number of aliphatic carboxylic acids is 1. The lowest BCUT2D eigenvalue weighted by molar-refractivity contribution is -0.136. The van der Waals surface area contributed by atoms with Gasteiger partial charge in [-0.25, -0.2) is 4.79 Å². The highest BCUT2D eigenvalue weighted by Crippen LogP contribution is 2.33. The molecule has 0 radical (unpaired) electrons. The molecule has 2 rings (SSSR count). The van der Waals surface area contributed by atoms with E-state index in [4.69, 9.17) is 9.47 Å². The lowest BCUT2D eigenvalue weighted by Crippen LogP contribution is -2.14. The van der Waals surface area contributed by atoms with Crippen LogP contribution in [0.15, 0.2) is 54.3 Å². The normalized spacial score (nSPS) is 11.9. The van der Waals surface area contributed by atoms with Crippen LogP contribution in [0.25, 0.3) is 6.08 Å². The van der Waals surface area contributed by atoms with Gasteiger partial charge in [-0.1, -0.05) is 57.2 Å². The van der Waals surface area contributed by atoms with Crippen LogP contribution in [0.4, 0.5) is 0 Å². The third-order valence-electron chi connectivity index (χ3n) is 3.86. The second kappa shape index (κ2) is 8.56. The molecule has 0 aromatic heterocycles. The molecular formula is C22H26O4. The van der Waals surface area contributed by atoms with Crippen LogP contribution in [0.3, 0.4) is 0 Å². The molecule has 4 nitrogen and oxygen atoms in total. The maximum Gasteiger partial charge on any atom is 0.371 e. The van der Waals surface area contributed by atoms with Crippen molar-refractivity contribution >= 4 is 12.0 Å². The van der Waals surface area contributed by atoms with Crippen molar-refractivity contribution in [1.82, 2.24) is 0 Å². The highest BCUT2D eigenvalue weighted by Gasteiger charge is 2.20. The number of hydrogen-bond donors (Lipinski definition) is 1. The Labute approximate surface area is 155 Å². The Morgan fingerprint density at radius 2 is 1.81 bits per heavy atom. The number of carboxylic acids is 1. The second-order valence-electron chi connectivity index (χ2n) is 7.03. The predicted octanol–water partition coefficient (Wildman–Crippen LogP) is 5.03. The van der Waals surface area contributed by atoms with Gasteiger partial charge < -0.3 is 14.6 Å². The first-order valence-corrected chi connectivity index (χ1v) is 8.70. The zero-order valence-corrected chi connectivity index (χ0v) is 15.8. The van der Waals surface area contributed by atoms with Gasteiger partial charge in [-0.15, -0.1) is 0 Å². The van der Waals surface area contributed by atoms with E-state index in [0.717, 1.165) is 22.4 Å². The van der Waals surface area contributed by atoms with Crippen molar-refractivity contribution in [1.29, 1.82) is 0 Å². The van der Waals surface area contributed by atoms with E-state index in [0.29, 0.717) is 13.2 Å². The highest BCUT2D eigenvalue weighted by molar-refractivity contribution is 5.89. The molecule has 26 heavy (non-hydrogen) atoms. The molecule has 0 aliphatic rings. The van der Waals surface area contributed by atoms with E-state index in [2.05, 4.69) is 20.8 Å². The lowest BCUT2D eigenvalue weighted by Gasteiger charge is -2.23. The molecule has 0 amide bonds. The Kier molecular flexibility index (Phi) is 6.45. The van der Waals surface area contributed by atoms with Crippen molar-refractivity contribution in [3.63, 3.8) is 0 Å². The van der Waals surface area contributed by atoms with Crippen LogP contribution in [0.1, 0.15) is 44.4 Å². The van der Waals surface area contributed by atoms with Crippen molar-refractivity contribution < 1.29 is 19.4 Å². The Morgan fingerprint density at radius 1 is 1.12 bits per heavy atom. The molecule has 0 saturated heterocycles. The van der Waals surface area contributed by atoms with Gasteiger partial charge in [-0.05, 0) is 41.7 Å². The number of rotatable bonds is 7. The Hall–Kier alpha value is -2.75. The largest absolute Gasteiger partial charge is 0.489 e. The van der Waals surface area contributed by atoms with Gasteiger partial charge >= 0.3 is 5.97 Å². The topological polar surface area (TPSA) is 55.8 Å². The number of hydrogen-bond acceptors (Lipinski definition) is 3. The molecule has 1 N–H and O–H groups in total. The molecule has 0 unspecified atom stereocenters. The molecule has 0 atom stereocenters. The molecule has 0 heterocycles. The van der Waals surface area contributed by atoms with Crippen molar-refractivity contribution in [2.24, 2.45) is 0 Å². The van der Waals surface area contributed by atoms with Crippen molar-refractivity contribution in [3.05, 3.63) is 71.0 Å². The van der Waals surface area contributed by atoms with Crippen molar-refractivity contribution in [2.75, 3.05) is 6.61 Å². The number of ether oxygens (including phenoxy) is 2. The summed E-state index contributed by atoms with van der Waals surface area (Å²) < 4.78 is 11.2. The van der Waals surface area contributed by atoms with Gasteiger partial charge in [-0.2, -0.15) is 0 Å². The van der Waals surface area contributed by atoms with Gasteiger partial charge in [0.2, 0.25) is 5.76 Å². The standard InChI is InChI=1S/C22H26O4/c1-5-25-20(21(23)24)14-17-11-12-19(18(13-17)22(2,3)4)26-15-16-9-7-6-8-10-16/h6-14H,5,15H2,1-4H3,(H,23,24). The zero-order chi connectivity index (χ0) is 19.2. The van der Waals surface area contributed by atoms with Crippen LogP contribution in [0.2, 0.25) is 0 Å². The van der Waals surface area contributed by atoms with Crippen molar-refractivity contribution in [2.45, 2.75) is 39.7 Å². The summed E-state index contributed by atoms with van der Waals surface area (Å²) in [5, 5.41) is 9.24. The van der Waals surface area contributed by atoms with Crippen molar-refractivity contribution in [3.8, 4) is 5.75 Å². The van der Waals surface area contributed by atoms with Crippen LogP contribution >= 0.6 is 0 Å². The summed E-state index contributed by atoms with van der Waals surface area (Å²) in [7, 11) is 0. The average molecular weight is 354 g/mol. The highest BCUT2D eigenvalue weighted by atomic mass is 16.5. The van der Waals surface area contributed by atoms with Crippen LogP contribution in [0.5, 0.6) is 5.75 Å². The molecule has 2 aromatic carbocycles. The molecular weight excluding hydrogens is 328 g/mol. The van der Waals surface area contributed by atoms with E-state index in [-0.39, 0.29) is 11.2 Å². The molecule has 0 spiro atoms. The molecule has 138 valence electrons. The first-order chi connectivity index (χ1) is 12.3. The van der Waals surface area contributed by atoms with E-state index in [1.165, 1.54) is 0 Å². The number of carbonyl (C=O) groups is 1. The number of benzene rings is 2. The van der Waals surface area contributed by atoms with Gasteiger partial charge in [0.05, 0.1) is 6.61 Å². The van der Waals surface area contributed by atoms with Gasteiger partial charge in [0.15, 0.2) is 0 Å². The van der Waals surface area contributed by atoms with Gasteiger partial charge in [0, 0.05) is 5.56 Å². The smallest absolute Gasteiger partial charge is 0.371 e. The monoisotopic (exact) mass is 354 g/mol. The van der Waals surface area contributed by atoms with E-state index in [9.17, 15) is 9.90 Å². The van der Waals surface area contributed by atoms with Crippen LogP contribution in [0, 0.1) is 0 Å². The van der Waals surface area contributed by atoms with Gasteiger partial charge in [0.25, 0.3) is 0 Å². The summed E-state index contributed by atoms with van der Waals surface area (Å²) in [5.74, 6) is -0.342. The van der Waals surface area contributed by atoms with Gasteiger partial charge in [-0.3, -0.25) is 0 Å². The average Bonchev–Trinajstić information content (AvgIpc) is 2.60. The molecule has 0 fully saturated rings. The van der Waals surface area contributed by atoms with E-state index < -0.39 is 5.97 Å². The number of carboxylic acid groups (broad SMARTS) is 1. The first-order valence-electron chi connectivity index (χ1n) is 8.70. The fourth-order valence-electron chi connectivity index (χ4n) is 2.56. The molecule has 0 aliphatic heterocycles. The summed E-state index contributed by atoms with van der Waals surface area (Å²) in [6, 6.07) is 15.7. The summed E-state index contributed by atoms with van der Waals surface area (Å²) >= 11 is 0. The molecule has 2 aromatic rings. The fourth-order valence-corrected chi connectivity index (χ4v) is 2.56. The van der Waals surface area contributed by atoms with Crippen LogP contribution < -0.4 is 4.74 Å². The van der Waals surface area contributed by atoms with Crippen LogP contribution in [-0.4, -0.2) is 17.7 Å². The van der Waals surface area contributed by atoms with Crippen LogP contribution in [-0.2, 0) is 21.6 Å². The SMILES string of the molecule is CCOC(=Cc1ccc(OCc2ccccc2)c(C(C)(C)C)c1)C(=O)O. The third-order valence-corrected chi connectivity index (χ3v) is 3.86. The first kappa shape index (κ1) is 19.6. The minimum atomic E-state index is -1.08. The maximum absolute atomic E-state index is 11.3. The summed E-state index contributed by atoms with van der Waals surface area (Å²) in [6.45, 7) is 8.86. The lowest BCUT2D eigenvalue weighted by atomic mass is 9.85. The zero-order valence-electron chi connectivity index (χ0n) is 15.8. The Balaban J connectivity index is 2.32. The van der Waals surface area contributed by atoms with Gasteiger partial charge in [0.1, 0.15) is 12.4 Å². The minimum Gasteiger partial charge on any atom is -0.489 e. The molecule has 0 saturated carbocycles. The summed E-state index contributed by atoms with van der Waals surface area (Å²) in [5.41, 5.74) is 2.74. The van der Waals surface area contributed by atoms with E-state index >= 15 is 0 Å². The molecule has 4 heteroatoms. The second-order valence-corrected chi connectivity index (χ2v) is 7.03. The summed E-state index contributed by atoms with van der Waals surface area (Å²) in [4.78, 5) is 11.3.